The first kappa shape index (κ1) is 14.4. The van der Waals surface area contributed by atoms with Gasteiger partial charge in [0.2, 0.25) is 0 Å². The van der Waals surface area contributed by atoms with Crippen LogP contribution in [0.4, 0.5) is 5.69 Å². The Morgan fingerprint density at radius 3 is 2.44 bits per heavy atom. The van der Waals surface area contributed by atoms with Gasteiger partial charge < -0.3 is 10.2 Å². The van der Waals surface area contributed by atoms with E-state index < -0.39 is 0 Å². The lowest BCUT2D eigenvalue weighted by atomic mass is 10.0. The summed E-state index contributed by atoms with van der Waals surface area (Å²) in [7, 11) is 0. The van der Waals surface area contributed by atoms with Gasteiger partial charge in [0.1, 0.15) is 0 Å². The van der Waals surface area contributed by atoms with Crippen LogP contribution in [0.15, 0.2) is 27.1 Å². The second kappa shape index (κ2) is 6.40. The largest absolute Gasteiger partial charge is 0.364 e. The monoisotopic (exact) mass is 374 g/mol. The Balaban J connectivity index is 2.32. The minimum Gasteiger partial charge on any atom is -0.364 e. The average molecular weight is 376 g/mol. The van der Waals surface area contributed by atoms with Gasteiger partial charge in [-0.15, -0.1) is 0 Å². The summed E-state index contributed by atoms with van der Waals surface area (Å²) in [6.07, 6.45) is 2.34. The molecule has 0 saturated carbocycles. The van der Waals surface area contributed by atoms with E-state index in [9.17, 15) is 0 Å². The van der Waals surface area contributed by atoms with Crippen LogP contribution in [-0.4, -0.2) is 25.2 Å². The summed E-state index contributed by atoms with van der Waals surface area (Å²) in [6.45, 7) is 6.66. The zero-order valence-corrected chi connectivity index (χ0v) is 14.1. The van der Waals surface area contributed by atoms with E-state index in [1.54, 1.807) is 0 Å². The number of rotatable bonds is 3. The van der Waals surface area contributed by atoms with Crippen LogP contribution in [0.25, 0.3) is 0 Å². The molecule has 0 aromatic heterocycles. The molecule has 0 amide bonds. The Morgan fingerprint density at radius 1 is 1.22 bits per heavy atom. The van der Waals surface area contributed by atoms with E-state index in [0.29, 0.717) is 12.1 Å². The molecular weight excluding hydrogens is 356 g/mol. The highest BCUT2D eigenvalue weighted by Crippen LogP contribution is 2.36. The summed E-state index contributed by atoms with van der Waals surface area (Å²) in [5.41, 5.74) is 1.30. The highest BCUT2D eigenvalue weighted by Gasteiger charge is 2.28. The van der Waals surface area contributed by atoms with Crippen LogP contribution >= 0.6 is 31.9 Å². The highest BCUT2D eigenvalue weighted by atomic mass is 79.9. The molecule has 0 bridgehead atoms. The number of nitrogens with zero attached hydrogens (tertiary/aromatic N) is 1. The number of benzene rings is 1. The molecule has 0 spiro atoms. The fourth-order valence-electron chi connectivity index (χ4n) is 2.54. The van der Waals surface area contributed by atoms with Gasteiger partial charge in [-0.2, -0.15) is 0 Å². The van der Waals surface area contributed by atoms with E-state index in [4.69, 9.17) is 0 Å². The van der Waals surface area contributed by atoms with Gasteiger partial charge in [0.05, 0.1) is 5.69 Å². The van der Waals surface area contributed by atoms with Crippen molar-refractivity contribution < 1.29 is 0 Å². The summed E-state index contributed by atoms with van der Waals surface area (Å²) in [5, 5.41) is 3.64. The average Bonchev–Trinajstić information content (AvgIpc) is 2.38. The fraction of sp³-hybridized carbons (Fsp3) is 0.571. The van der Waals surface area contributed by atoms with Gasteiger partial charge in [-0.25, -0.2) is 0 Å². The molecule has 1 saturated heterocycles. The molecule has 18 heavy (non-hydrogen) atoms. The SMILES string of the molecule is CCC1CN(c2c(Br)cccc2Br)C(CC)CN1. The van der Waals surface area contributed by atoms with Crippen molar-refractivity contribution in [2.45, 2.75) is 38.8 Å². The van der Waals surface area contributed by atoms with Gasteiger partial charge in [-0.05, 0) is 56.8 Å². The zero-order valence-electron chi connectivity index (χ0n) is 10.9. The van der Waals surface area contributed by atoms with E-state index in [1.807, 2.05) is 0 Å². The third-order valence-corrected chi connectivity index (χ3v) is 4.97. The third kappa shape index (κ3) is 2.91. The molecule has 1 heterocycles. The normalized spacial score (nSPS) is 24.3. The maximum absolute atomic E-state index is 3.69. The van der Waals surface area contributed by atoms with E-state index in [1.165, 1.54) is 21.1 Å². The second-order valence-corrected chi connectivity index (χ2v) is 6.51. The van der Waals surface area contributed by atoms with E-state index in [-0.39, 0.29) is 0 Å². The van der Waals surface area contributed by atoms with Crippen LogP contribution in [-0.2, 0) is 0 Å². The molecule has 2 rings (SSSR count). The van der Waals surface area contributed by atoms with E-state index in [2.05, 4.69) is 74.1 Å². The van der Waals surface area contributed by atoms with E-state index >= 15 is 0 Å². The summed E-state index contributed by atoms with van der Waals surface area (Å²) in [5.74, 6) is 0. The highest BCUT2D eigenvalue weighted by molar-refractivity contribution is 9.11. The molecule has 0 radical (unpaired) electrons. The Labute approximate surface area is 126 Å². The number of halogens is 2. The third-order valence-electron chi connectivity index (χ3n) is 3.69. The van der Waals surface area contributed by atoms with Crippen LogP contribution in [0.2, 0.25) is 0 Å². The van der Waals surface area contributed by atoms with Crippen LogP contribution in [0, 0.1) is 0 Å². The smallest absolute Gasteiger partial charge is 0.0658 e. The number of hydrogen-bond donors (Lipinski definition) is 1. The first-order valence-corrected chi connectivity index (χ1v) is 8.20. The molecule has 100 valence electrons. The Hall–Kier alpha value is -0.0600. The molecule has 1 fully saturated rings. The summed E-state index contributed by atoms with van der Waals surface area (Å²) in [6, 6.07) is 7.47. The quantitative estimate of drug-likeness (QED) is 0.852. The summed E-state index contributed by atoms with van der Waals surface area (Å²) >= 11 is 7.38. The predicted octanol–water partition coefficient (Wildman–Crippen LogP) is 4.18. The van der Waals surface area contributed by atoms with Crippen molar-refractivity contribution in [3.63, 3.8) is 0 Å². The lowest BCUT2D eigenvalue weighted by Gasteiger charge is -2.42. The second-order valence-electron chi connectivity index (χ2n) is 4.80. The van der Waals surface area contributed by atoms with Crippen LogP contribution < -0.4 is 10.2 Å². The van der Waals surface area contributed by atoms with Crippen molar-refractivity contribution >= 4 is 37.5 Å². The van der Waals surface area contributed by atoms with Gasteiger partial charge in [-0.1, -0.05) is 19.9 Å². The lowest BCUT2D eigenvalue weighted by molar-refractivity contribution is 0.378. The molecule has 1 aliphatic rings. The molecular formula is C14H20Br2N2. The Morgan fingerprint density at radius 2 is 1.89 bits per heavy atom. The summed E-state index contributed by atoms with van der Waals surface area (Å²) in [4.78, 5) is 2.54. The Kier molecular flexibility index (Phi) is 5.10. The first-order valence-electron chi connectivity index (χ1n) is 6.61. The van der Waals surface area contributed by atoms with Gasteiger partial charge >= 0.3 is 0 Å². The standard InChI is InChI=1S/C14H20Br2N2/c1-3-10-9-18(11(4-2)8-17-10)14-12(15)6-5-7-13(14)16/h5-7,10-11,17H,3-4,8-9H2,1-2H3. The molecule has 1 aliphatic heterocycles. The molecule has 0 aliphatic carbocycles. The van der Waals surface area contributed by atoms with Crippen molar-refractivity contribution in [3.8, 4) is 0 Å². The zero-order chi connectivity index (χ0) is 13.1. The number of piperazine rings is 1. The number of hydrogen-bond acceptors (Lipinski definition) is 2. The summed E-state index contributed by atoms with van der Waals surface area (Å²) < 4.78 is 2.35. The van der Waals surface area contributed by atoms with Gasteiger partial charge in [0, 0.05) is 34.1 Å². The van der Waals surface area contributed by atoms with Gasteiger partial charge in [-0.3, -0.25) is 0 Å². The van der Waals surface area contributed by atoms with Crippen LogP contribution in [0.1, 0.15) is 26.7 Å². The van der Waals surface area contributed by atoms with E-state index in [0.717, 1.165) is 19.5 Å². The minimum atomic E-state index is 0.572. The fourth-order valence-corrected chi connectivity index (χ4v) is 3.99. The van der Waals surface area contributed by atoms with Crippen molar-refractivity contribution in [3.05, 3.63) is 27.1 Å². The molecule has 1 aromatic carbocycles. The van der Waals surface area contributed by atoms with Gasteiger partial charge in [0.15, 0.2) is 0 Å². The molecule has 4 heteroatoms. The molecule has 1 N–H and O–H groups in total. The first-order chi connectivity index (χ1) is 8.67. The molecule has 1 aromatic rings. The number of anilines is 1. The predicted molar refractivity (Wildman–Crippen MR) is 85.3 cm³/mol. The van der Waals surface area contributed by atoms with Crippen LogP contribution in [0.3, 0.4) is 0 Å². The number of para-hydroxylation sites is 1. The molecule has 2 nitrogen and oxygen atoms in total. The number of nitrogens with one attached hydrogen (secondary N) is 1. The Bertz CT molecular complexity index is 389. The minimum absolute atomic E-state index is 0.572. The molecule has 2 atom stereocenters. The molecule has 2 unspecified atom stereocenters. The maximum Gasteiger partial charge on any atom is 0.0658 e. The van der Waals surface area contributed by atoms with Crippen molar-refractivity contribution in [1.29, 1.82) is 0 Å². The maximum atomic E-state index is 3.69. The van der Waals surface area contributed by atoms with Crippen molar-refractivity contribution in [1.82, 2.24) is 5.32 Å². The van der Waals surface area contributed by atoms with Crippen molar-refractivity contribution in [2.24, 2.45) is 0 Å². The topological polar surface area (TPSA) is 15.3 Å². The van der Waals surface area contributed by atoms with Gasteiger partial charge in [0.25, 0.3) is 0 Å². The lowest BCUT2D eigenvalue weighted by Crippen LogP contribution is -2.56. The van der Waals surface area contributed by atoms with Crippen LogP contribution in [0.5, 0.6) is 0 Å². The van der Waals surface area contributed by atoms with Crippen molar-refractivity contribution in [2.75, 3.05) is 18.0 Å².